The highest BCUT2D eigenvalue weighted by Gasteiger charge is 2.22. The van der Waals surface area contributed by atoms with Gasteiger partial charge in [0.2, 0.25) is 0 Å². The van der Waals surface area contributed by atoms with Crippen LogP contribution < -0.4 is 4.74 Å². The normalized spacial score (nSPS) is 24.6. The number of alkyl halides is 1. The van der Waals surface area contributed by atoms with E-state index in [-0.39, 0.29) is 6.10 Å². The summed E-state index contributed by atoms with van der Waals surface area (Å²) in [6.45, 7) is 0. The van der Waals surface area contributed by atoms with Gasteiger partial charge in [0.1, 0.15) is 11.9 Å². The van der Waals surface area contributed by atoms with Crippen LogP contribution in [0, 0.1) is 0 Å². The summed E-state index contributed by atoms with van der Waals surface area (Å²) in [5, 5.41) is 0. The molecule has 2 atom stereocenters. The zero-order chi connectivity index (χ0) is 12.1. The molecule has 0 heterocycles. The zero-order valence-corrected chi connectivity index (χ0v) is 11.0. The molecule has 17 heavy (non-hydrogen) atoms. The van der Waals surface area contributed by atoms with Gasteiger partial charge in [-0.1, -0.05) is 12.1 Å². The summed E-state index contributed by atoms with van der Waals surface area (Å²) in [5.74, 6) is 1.48. The average Bonchev–Trinajstić information content (AvgIpc) is 2.40. The Labute approximate surface area is 108 Å². The number of rotatable bonds is 4. The van der Waals surface area contributed by atoms with E-state index in [9.17, 15) is 0 Å². The van der Waals surface area contributed by atoms with Crippen LogP contribution in [0.15, 0.2) is 24.3 Å². The van der Waals surface area contributed by atoms with E-state index in [0.29, 0.717) is 12.0 Å². The maximum absolute atomic E-state index is 5.96. The average molecular weight is 255 g/mol. The smallest absolute Gasteiger partial charge is 0.119 e. The maximum Gasteiger partial charge on any atom is 0.119 e. The molecule has 3 heteroatoms. The fourth-order valence-electron chi connectivity index (χ4n) is 2.27. The molecule has 0 spiro atoms. The SMILES string of the molecule is COC1CCCC(Oc2ccc(CCl)cc2)C1. The number of hydrogen-bond acceptors (Lipinski definition) is 2. The molecular formula is C14H19ClO2. The fourth-order valence-corrected chi connectivity index (χ4v) is 2.45. The van der Waals surface area contributed by atoms with E-state index in [2.05, 4.69) is 0 Å². The first-order chi connectivity index (χ1) is 8.31. The van der Waals surface area contributed by atoms with Crippen LogP contribution in [0.4, 0.5) is 0 Å². The molecule has 0 aliphatic heterocycles. The van der Waals surface area contributed by atoms with E-state index in [1.165, 1.54) is 6.42 Å². The van der Waals surface area contributed by atoms with E-state index < -0.39 is 0 Å². The second-order valence-corrected chi connectivity index (χ2v) is 4.81. The Morgan fingerprint density at radius 2 is 1.88 bits per heavy atom. The molecule has 0 amide bonds. The van der Waals surface area contributed by atoms with E-state index in [4.69, 9.17) is 21.1 Å². The molecule has 1 saturated carbocycles. The number of hydrogen-bond donors (Lipinski definition) is 0. The fraction of sp³-hybridized carbons (Fsp3) is 0.571. The third-order valence-electron chi connectivity index (χ3n) is 3.29. The third kappa shape index (κ3) is 3.62. The lowest BCUT2D eigenvalue weighted by Crippen LogP contribution is -2.29. The number of methoxy groups -OCH3 is 1. The Bertz CT molecular complexity index is 337. The van der Waals surface area contributed by atoms with Crippen LogP contribution in [0.2, 0.25) is 0 Å². The Morgan fingerprint density at radius 1 is 1.18 bits per heavy atom. The van der Waals surface area contributed by atoms with E-state index in [1.807, 2.05) is 24.3 Å². The molecule has 1 aliphatic rings. The van der Waals surface area contributed by atoms with Gasteiger partial charge in [0.25, 0.3) is 0 Å². The lowest BCUT2D eigenvalue weighted by atomic mass is 9.95. The number of ether oxygens (including phenoxy) is 2. The summed E-state index contributed by atoms with van der Waals surface area (Å²) in [6.07, 6.45) is 5.10. The Kier molecular flexibility index (Phi) is 4.69. The van der Waals surface area contributed by atoms with Crippen LogP contribution in [-0.2, 0) is 10.6 Å². The predicted octanol–water partition coefficient (Wildman–Crippen LogP) is 3.76. The van der Waals surface area contributed by atoms with Gasteiger partial charge in [-0.15, -0.1) is 11.6 Å². The second kappa shape index (κ2) is 6.27. The zero-order valence-electron chi connectivity index (χ0n) is 10.2. The summed E-state index contributed by atoms with van der Waals surface area (Å²) in [5.41, 5.74) is 1.12. The van der Waals surface area contributed by atoms with Crippen molar-refractivity contribution in [3.63, 3.8) is 0 Å². The van der Waals surface area contributed by atoms with E-state index in [0.717, 1.165) is 30.6 Å². The highest BCUT2D eigenvalue weighted by molar-refractivity contribution is 6.17. The second-order valence-electron chi connectivity index (χ2n) is 4.54. The number of halogens is 1. The monoisotopic (exact) mass is 254 g/mol. The van der Waals surface area contributed by atoms with Crippen molar-refractivity contribution < 1.29 is 9.47 Å². The molecular weight excluding hydrogens is 236 g/mol. The van der Waals surface area contributed by atoms with Gasteiger partial charge in [-0.3, -0.25) is 0 Å². The molecule has 2 nitrogen and oxygen atoms in total. The summed E-state index contributed by atoms with van der Waals surface area (Å²) >= 11 is 5.75. The van der Waals surface area contributed by atoms with Gasteiger partial charge in [0, 0.05) is 19.4 Å². The van der Waals surface area contributed by atoms with Crippen molar-refractivity contribution >= 4 is 11.6 Å². The Hall–Kier alpha value is -0.730. The maximum atomic E-state index is 5.96. The highest BCUT2D eigenvalue weighted by atomic mass is 35.5. The molecule has 0 N–H and O–H groups in total. The minimum atomic E-state index is 0.288. The van der Waals surface area contributed by atoms with Gasteiger partial charge >= 0.3 is 0 Å². The highest BCUT2D eigenvalue weighted by Crippen LogP contribution is 2.25. The van der Waals surface area contributed by atoms with Gasteiger partial charge in [-0.2, -0.15) is 0 Å². The third-order valence-corrected chi connectivity index (χ3v) is 3.60. The Balaban J connectivity index is 1.90. The van der Waals surface area contributed by atoms with Crippen molar-refractivity contribution in [3.05, 3.63) is 29.8 Å². The molecule has 0 bridgehead atoms. The van der Waals surface area contributed by atoms with Crippen molar-refractivity contribution in [1.82, 2.24) is 0 Å². The Morgan fingerprint density at radius 3 is 2.53 bits per heavy atom. The van der Waals surface area contributed by atoms with Gasteiger partial charge in [-0.25, -0.2) is 0 Å². The van der Waals surface area contributed by atoms with E-state index >= 15 is 0 Å². The van der Waals surface area contributed by atoms with Crippen molar-refractivity contribution in [2.24, 2.45) is 0 Å². The largest absolute Gasteiger partial charge is 0.490 e. The van der Waals surface area contributed by atoms with E-state index in [1.54, 1.807) is 7.11 Å². The van der Waals surface area contributed by atoms with Crippen LogP contribution in [0.1, 0.15) is 31.2 Å². The van der Waals surface area contributed by atoms with Crippen LogP contribution in [0.3, 0.4) is 0 Å². The topological polar surface area (TPSA) is 18.5 Å². The van der Waals surface area contributed by atoms with Gasteiger partial charge in [-0.05, 0) is 37.0 Å². The van der Waals surface area contributed by atoms with Crippen LogP contribution >= 0.6 is 11.6 Å². The lowest BCUT2D eigenvalue weighted by molar-refractivity contribution is 0.0209. The standard InChI is InChI=1S/C14H19ClO2/c1-16-13-3-2-4-14(9-13)17-12-7-5-11(10-15)6-8-12/h5-8,13-14H,2-4,9-10H2,1H3. The van der Waals surface area contributed by atoms with Gasteiger partial charge in [0.05, 0.1) is 6.10 Å². The van der Waals surface area contributed by atoms with Gasteiger partial charge in [0.15, 0.2) is 0 Å². The summed E-state index contributed by atoms with van der Waals surface area (Å²) in [6, 6.07) is 8.01. The first-order valence-electron chi connectivity index (χ1n) is 6.16. The summed E-state index contributed by atoms with van der Waals surface area (Å²) < 4.78 is 11.4. The lowest BCUT2D eigenvalue weighted by Gasteiger charge is -2.28. The first-order valence-corrected chi connectivity index (χ1v) is 6.69. The molecule has 0 radical (unpaired) electrons. The van der Waals surface area contributed by atoms with Crippen molar-refractivity contribution in [1.29, 1.82) is 0 Å². The van der Waals surface area contributed by atoms with Gasteiger partial charge < -0.3 is 9.47 Å². The van der Waals surface area contributed by atoms with Crippen LogP contribution in [0.5, 0.6) is 5.75 Å². The van der Waals surface area contributed by atoms with Crippen molar-refractivity contribution in [3.8, 4) is 5.75 Å². The first kappa shape index (κ1) is 12.7. The predicted molar refractivity (Wildman–Crippen MR) is 69.7 cm³/mol. The molecule has 1 aliphatic carbocycles. The molecule has 2 unspecified atom stereocenters. The van der Waals surface area contributed by atoms with Crippen molar-refractivity contribution in [2.45, 2.75) is 43.8 Å². The summed E-state index contributed by atoms with van der Waals surface area (Å²) in [4.78, 5) is 0. The van der Waals surface area contributed by atoms with Crippen molar-refractivity contribution in [2.75, 3.05) is 7.11 Å². The minimum Gasteiger partial charge on any atom is -0.490 e. The molecule has 94 valence electrons. The molecule has 0 aromatic heterocycles. The number of benzene rings is 1. The quantitative estimate of drug-likeness (QED) is 0.762. The molecule has 1 aromatic rings. The minimum absolute atomic E-state index is 0.288. The molecule has 0 saturated heterocycles. The molecule has 1 aromatic carbocycles. The molecule has 2 rings (SSSR count). The van der Waals surface area contributed by atoms with Crippen LogP contribution in [0.25, 0.3) is 0 Å². The van der Waals surface area contributed by atoms with Crippen LogP contribution in [-0.4, -0.2) is 19.3 Å². The molecule has 1 fully saturated rings. The summed E-state index contributed by atoms with van der Waals surface area (Å²) in [7, 11) is 1.78.